The third-order valence-electron chi connectivity index (χ3n) is 2.57. The zero-order valence-corrected chi connectivity index (χ0v) is 12.1. The van der Waals surface area contributed by atoms with Gasteiger partial charge < -0.3 is 15.2 Å². The minimum absolute atomic E-state index is 0.0932. The number of anilines is 2. The van der Waals surface area contributed by atoms with Crippen molar-refractivity contribution in [3.05, 3.63) is 48.5 Å². The second-order valence-corrected chi connectivity index (χ2v) is 5.83. The number of amides is 1. The number of carbonyl (C=O) groups is 1. The van der Waals surface area contributed by atoms with E-state index in [0.717, 1.165) is 0 Å². The van der Waals surface area contributed by atoms with Crippen molar-refractivity contribution in [1.29, 1.82) is 0 Å². The van der Waals surface area contributed by atoms with Gasteiger partial charge in [-0.15, -0.1) is 0 Å². The topological polar surface area (TPSA) is 98.5 Å². The summed E-state index contributed by atoms with van der Waals surface area (Å²) in [5, 5.41) is 2.47. The molecule has 6 nitrogen and oxygen atoms in total. The van der Waals surface area contributed by atoms with Crippen LogP contribution in [0.4, 0.5) is 11.4 Å². The Bertz CT molecular complexity index is 758. The molecule has 1 amide bonds. The lowest BCUT2D eigenvalue weighted by Gasteiger charge is -2.10. The molecule has 0 aliphatic rings. The smallest absolute Gasteiger partial charge is 0.339 e. The van der Waals surface area contributed by atoms with Crippen LogP contribution in [-0.4, -0.2) is 14.3 Å². The van der Waals surface area contributed by atoms with Crippen molar-refractivity contribution >= 4 is 27.4 Å². The van der Waals surface area contributed by atoms with Crippen LogP contribution in [0.15, 0.2) is 53.4 Å². The van der Waals surface area contributed by atoms with E-state index < -0.39 is 10.1 Å². The van der Waals surface area contributed by atoms with Gasteiger partial charge in [-0.3, -0.25) is 4.79 Å². The summed E-state index contributed by atoms with van der Waals surface area (Å²) in [6, 6.07) is 12.1. The molecule has 0 bridgehead atoms. The maximum atomic E-state index is 12.2. The molecule has 0 radical (unpaired) electrons. The normalized spacial score (nSPS) is 10.9. The van der Waals surface area contributed by atoms with Crippen molar-refractivity contribution < 1.29 is 17.4 Å². The number of benzene rings is 2. The van der Waals surface area contributed by atoms with E-state index in [-0.39, 0.29) is 27.9 Å². The number of hydrogen-bond acceptors (Lipinski definition) is 5. The number of nitrogen functional groups attached to an aromatic ring is 1. The molecule has 0 saturated carbocycles. The predicted octanol–water partition coefficient (Wildman–Crippen LogP) is 1.99. The first kappa shape index (κ1) is 14.9. The number of carbonyl (C=O) groups excluding carboxylic acids is 1. The Kier molecular flexibility index (Phi) is 4.13. The zero-order valence-electron chi connectivity index (χ0n) is 11.2. The van der Waals surface area contributed by atoms with E-state index in [1.165, 1.54) is 37.3 Å². The van der Waals surface area contributed by atoms with Crippen LogP contribution in [0.25, 0.3) is 0 Å². The highest BCUT2D eigenvalue weighted by Crippen LogP contribution is 2.25. The van der Waals surface area contributed by atoms with Gasteiger partial charge >= 0.3 is 10.1 Å². The largest absolute Gasteiger partial charge is 0.397 e. The number of hydrogen-bond donors (Lipinski definition) is 2. The summed E-state index contributed by atoms with van der Waals surface area (Å²) in [6.07, 6.45) is 0. The molecule has 21 heavy (non-hydrogen) atoms. The van der Waals surface area contributed by atoms with E-state index in [4.69, 9.17) is 9.92 Å². The van der Waals surface area contributed by atoms with Gasteiger partial charge in [-0.2, -0.15) is 8.42 Å². The Morgan fingerprint density at radius 3 is 2.43 bits per heavy atom. The minimum Gasteiger partial charge on any atom is -0.397 e. The zero-order chi connectivity index (χ0) is 15.5. The average Bonchev–Trinajstić information content (AvgIpc) is 2.41. The van der Waals surface area contributed by atoms with Crippen molar-refractivity contribution in [2.24, 2.45) is 0 Å². The molecule has 0 heterocycles. The van der Waals surface area contributed by atoms with Gasteiger partial charge in [-0.05, 0) is 30.3 Å². The van der Waals surface area contributed by atoms with Crippen LogP contribution >= 0.6 is 0 Å². The van der Waals surface area contributed by atoms with Crippen molar-refractivity contribution in [2.75, 3.05) is 11.1 Å². The first-order chi connectivity index (χ1) is 9.88. The number of nitrogens with one attached hydrogen (secondary N) is 1. The average molecular weight is 306 g/mol. The predicted molar refractivity (Wildman–Crippen MR) is 79.4 cm³/mol. The van der Waals surface area contributed by atoms with Gasteiger partial charge in [0.15, 0.2) is 0 Å². The third-order valence-corrected chi connectivity index (χ3v) is 3.82. The molecule has 7 heteroatoms. The summed E-state index contributed by atoms with van der Waals surface area (Å²) < 4.78 is 29.4. The van der Waals surface area contributed by atoms with E-state index in [9.17, 15) is 13.2 Å². The molecule has 110 valence electrons. The Labute approximate surface area is 122 Å². The van der Waals surface area contributed by atoms with Gasteiger partial charge in [0.2, 0.25) is 5.91 Å². The summed E-state index contributed by atoms with van der Waals surface area (Å²) in [4.78, 5) is 11.0. The Morgan fingerprint density at radius 2 is 1.81 bits per heavy atom. The van der Waals surface area contributed by atoms with Crippen LogP contribution in [0.3, 0.4) is 0 Å². The highest BCUT2D eigenvalue weighted by atomic mass is 32.2. The molecule has 2 aromatic carbocycles. The summed E-state index contributed by atoms with van der Waals surface area (Å²) in [5.74, 6) is -0.143. The van der Waals surface area contributed by atoms with Gasteiger partial charge in [-0.1, -0.05) is 18.2 Å². The van der Waals surface area contributed by atoms with E-state index >= 15 is 0 Å². The Hall–Kier alpha value is -2.54. The molecule has 0 saturated heterocycles. The van der Waals surface area contributed by atoms with Crippen LogP contribution in [0.2, 0.25) is 0 Å². The lowest BCUT2D eigenvalue weighted by atomic mass is 10.2. The Morgan fingerprint density at radius 1 is 1.14 bits per heavy atom. The molecule has 0 spiro atoms. The molecule has 0 aliphatic carbocycles. The molecule has 0 atom stereocenters. The summed E-state index contributed by atoms with van der Waals surface area (Å²) in [7, 11) is -4.00. The second-order valence-electron chi connectivity index (χ2n) is 4.28. The van der Waals surface area contributed by atoms with Gasteiger partial charge in [0.1, 0.15) is 10.6 Å². The molecule has 2 rings (SSSR count). The molecular weight excluding hydrogens is 292 g/mol. The fraction of sp³-hybridized carbons (Fsp3) is 0.0714. The molecular formula is C14H14N2O4S. The fourth-order valence-electron chi connectivity index (χ4n) is 1.64. The summed E-state index contributed by atoms with van der Waals surface area (Å²) in [5.41, 5.74) is 6.17. The van der Waals surface area contributed by atoms with Crippen LogP contribution in [0.5, 0.6) is 5.75 Å². The van der Waals surface area contributed by atoms with Crippen LogP contribution in [0.1, 0.15) is 6.92 Å². The van der Waals surface area contributed by atoms with Crippen molar-refractivity contribution in [2.45, 2.75) is 11.8 Å². The van der Waals surface area contributed by atoms with Crippen LogP contribution in [0, 0.1) is 0 Å². The maximum absolute atomic E-state index is 12.2. The summed E-state index contributed by atoms with van der Waals surface area (Å²) >= 11 is 0. The standard InChI is InChI=1S/C14H14N2O4S/c1-10(17)16-14-9-12(7-8-13(14)15)21(18,19)20-11-5-3-2-4-6-11/h2-9H,15H2,1H3,(H,16,17). The van der Waals surface area contributed by atoms with E-state index in [0.29, 0.717) is 0 Å². The highest BCUT2D eigenvalue weighted by Gasteiger charge is 2.18. The van der Waals surface area contributed by atoms with Gasteiger partial charge in [-0.25, -0.2) is 0 Å². The van der Waals surface area contributed by atoms with E-state index in [2.05, 4.69) is 5.32 Å². The fourth-order valence-corrected chi connectivity index (χ4v) is 2.60. The van der Waals surface area contributed by atoms with Crippen molar-refractivity contribution in [3.8, 4) is 5.75 Å². The number of rotatable bonds is 4. The maximum Gasteiger partial charge on any atom is 0.339 e. The molecule has 2 aromatic rings. The first-order valence-corrected chi connectivity index (χ1v) is 7.46. The molecule has 3 N–H and O–H groups in total. The van der Waals surface area contributed by atoms with E-state index in [1.54, 1.807) is 18.2 Å². The van der Waals surface area contributed by atoms with Crippen molar-refractivity contribution in [3.63, 3.8) is 0 Å². The Balaban J connectivity index is 2.34. The monoisotopic (exact) mass is 306 g/mol. The van der Waals surface area contributed by atoms with Crippen LogP contribution in [-0.2, 0) is 14.9 Å². The third kappa shape index (κ3) is 3.73. The van der Waals surface area contributed by atoms with Gasteiger partial charge in [0, 0.05) is 6.92 Å². The summed E-state index contributed by atoms with van der Waals surface area (Å²) in [6.45, 7) is 1.31. The lowest BCUT2D eigenvalue weighted by Crippen LogP contribution is -2.12. The molecule has 0 aliphatic heterocycles. The number of para-hydroxylation sites is 1. The van der Waals surface area contributed by atoms with Gasteiger partial charge in [0.05, 0.1) is 11.4 Å². The van der Waals surface area contributed by atoms with Crippen LogP contribution < -0.4 is 15.2 Å². The van der Waals surface area contributed by atoms with Gasteiger partial charge in [0.25, 0.3) is 0 Å². The molecule has 0 aromatic heterocycles. The van der Waals surface area contributed by atoms with E-state index in [1.807, 2.05) is 0 Å². The highest BCUT2D eigenvalue weighted by molar-refractivity contribution is 7.87. The first-order valence-electron chi connectivity index (χ1n) is 6.05. The molecule has 0 unspecified atom stereocenters. The molecule has 0 fully saturated rings. The van der Waals surface area contributed by atoms with Crippen molar-refractivity contribution in [1.82, 2.24) is 0 Å². The SMILES string of the molecule is CC(=O)Nc1cc(S(=O)(=O)Oc2ccccc2)ccc1N. The quantitative estimate of drug-likeness (QED) is 0.665. The minimum atomic E-state index is -4.00. The second kappa shape index (κ2) is 5.84. The lowest BCUT2D eigenvalue weighted by molar-refractivity contribution is -0.114. The number of nitrogens with two attached hydrogens (primary N) is 1.